The lowest BCUT2D eigenvalue weighted by Crippen LogP contribution is -2.35. The average Bonchev–Trinajstić information content (AvgIpc) is 3.28. The fourth-order valence-electron chi connectivity index (χ4n) is 3.97. The van der Waals surface area contributed by atoms with Crippen LogP contribution in [-0.2, 0) is 6.42 Å². The minimum absolute atomic E-state index is 0.0168. The number of fused-ring (bicyclic) bond motifs is 1. The quantitative estimate of drug-likeness (QED) is 0.457. The van der Waals surface area contributed by atoms with E-state index in [1.165, 1.54) is 11.6 Å². The zero-order valence-corrected chi connectivity index (χ0v) is 19.5. The Morgan fingerprint density at radius 3 is 2.55 bits per heavy atom. The van der Waals surface area contributed by atoms with E-state index in [0.717, 1.165) is 23.4 Å². The molecule has 1 unspecified atom stereocenters. The normalized spacial score (nSPS) is 12.3. The number of hydrogen-bond acceptors (Lipinski definition) is 4. The summed E-state index contributed by atoms with van der Waals surface area (Å²) in [6, 6.07) is 19.1. The van der Waals surface area contributed by atoms with Gasteiger partial charge in [0.25, 0.3) is 5.91 Å². The first-order valence-electron chi connectivity index (χ1n) is 11.1. The minimum atomic E-state index is -0.408. The Bertz CT molecular complexity index is 1330. The molecular weight excluding hydrogens is 414 g/mol. The van der Waals surface area contributed by atoms with Crippen LogP contribution in [0, 0.1) is 6.92 Å². The van der Waals surface area contributed by atoms with Crippen LogP contribution < -0.4 is 10.7 Å². The molecule has 0 fully saturated rings. The molecule has 0 saturated carbocycles. The largest absolute Gasteiger partial charge is 0.451 e. The van der Waals surface area contributed by atoms with E-state index in [1.807, 2.05) is 45.4 Å². The van der Waals surface area contributed by atoms with E-state index in [2.05, 4.69) is 52.0 Å². The maximum absolute atomic E-state index is 12.9. The van der Waals surface area contributed by atoms with E-state index < -0.39 is 5.91 Å². The lowest BCUT2D eigenvalue weighted by Gasteiger charge is -2.26. The standard InChI is InChI=1S/C27H29N3O3/c1-5-19-10-13-25-21(15-19)24(31)16-26(33-25)27(32)28-17-23(29(3)4)22-7-6-14-30(22)20-11-8-18(2)9-12-20/h6-16,23H,5,17H2,1-4H3,(H,28,32). The van der Waals surface area contributed by atoms with Gasteiger partial charge in [0.05, 0.1) is 11.4 Å². The number of nitrogens with one attached hydrogen (secondary N) is 1. The number of nitrogens with zero attached hydrogens (tertiary/aromatic N) is 2. The van der Waals surface area contributed by atoms with E-state index in [0.29, 0.717) is 17.5 Å². The van der Waals surface area contributed by atoms with Crippen molar-refractivity contribution in [2.75, 3.05) is 20.6 Å². The molecule has 0 aliphatic rings. The van der Waals surface area contributed by atoms with Crippen molar-refractivity contribution in [1.29, 1.82) is 0 Å². The Balaban J connectivity index is 1.56. The van der Waals surface area contributed by atoms with Gasteiger partial charge in [0.15, 0.2) is 11.2 Å². The predicted molar refractivity (Wildman–Crippen MR) is 131 cm³/mol. The number of benzene rings is 2. The third kappa shape index (κ3) is 4.76. The molecule has 1 amide bonds. The van der Waals surface area contributed by atoms with Gasteiger partial charge in [-0.3, -0.25) is 14.5 Å². The van der Waals surface area contributed by atoms with Gasteiger partial charge in [-0.05, 0) is 69.4 Å². The maximum atomic E-state index is 12.9. The van der Waals surface area contributed by atoms with Gasteiger partial charge in [-0.1, -0.05) is 30.7 Å². The minimum Gasteiger partial charge on any atom is -0.451 e. The molecule has 0 bridgehead atoms. The highest BCUT2D eigenvalue weighted by atomic mass is 16.3. The summed E-state index contributed by atoms with van der Waals surface area (Å²) >= 11 is 0. The third-order valence-corrected chi connectivity index (χ3v) is 5.94. The molecule has 2 aromatic carbocycles. The Labute approximate surface area is 193 Å². The molecular formula is C27H29N3O3. The van der Waals surface area contributed by atoms with E-state index in [4.69, 9.17) is 4.42 Å². The fourth-order valence-corrected chi connectivity index (χ4v) is 3.97. The Morgan fingerprint density at radius 2 is 1.85 bits per heavy atom. The molecule has 2 aromatic heterocycles. The van der Waals surface area contributed by atoms with E-state index in [9.17, 15) is 9.59 Å². The molecule has 4 aromatic rings. The molecule has 0 saturated heterocycles. The molecule has 4 rings (SSSR count). The number of likely N-dealkylation sites (N-methyl/N-ethyl adjacent to an activating group) is 1. The third-order valence-electron chi connectivity index (χ3n) is 5.94. The number of carbonyl (C=O) groups is 1. The van der Waals surface area contributed by atoms with Crippen molar-refractivity contribution < 1.29 is 9.21 Å². The number of aryl methyl sites for hydroxylation is 2. The van der Waals surface area contributed by atoms with Crippen LogP contribution in [0.15, 0.2) is 76.1 Å². The van der Waals surface area contributed by atoms with Gasteiger partial charge in [0, 0.05) is 30.2 Å². The van der Waals surface area contributed by atoms with Crippen molar-refractivity contribution in [1.82, 2.24) is 14.8 Å². The molecule has 0 radical (unpaired) electrons. The van der Waals surface area contributed by atoms with Crippen molar-refractivity contribution in [3.63, 3.8) is 0 Å². The van der Waals surface area contributed by atoms with Crippen molar-refractivity contribution in [2.24, 2.45) is 0 Å². The van der Waals surface area contributed by atoms with Gasteiger partial charge < -0.3 is 14.3 Å². The summed E-state index contributed by atoms with van der Waals surface area (Å²) in [4.78, 5) is 27.5. The van der Waals surface area contributed by atoms with Gasteiger partial charge in [-0.15, -0.1) is 0 Å². The molecule has 6 nitrogen and oxygen atoms in total. The molecule has 0 aliphatic heterocycles. The van der Waals surface area contributed by atoms with Gasteiger partial charge in [-0.2, -0.15) is 0 Å². The zero-order valence-electron chi connectivity index (χ0n) is 19.5. The highest BCUT2D eigenvalue weighted by Crippen LogP contribution is 2.23. The van der Waals surface area contributed by atoms with Crippen LogP contribution in [0.5, 0.6) is 0 Å². The van der Waals surface area contributed by atoms with E-state index in [1.54, 1.807) is 6.07 Å². The van der Waals surface area contributed by atoms with Crippen LogP contribution in [0.3, 0.4) is 0 Å². The van der Waals surface area contributed by atoms with E-state index in [-0.39, 0.29) is 17.2 Å². The van der Waals surface area contributed by atoms with Crippen LogP contribution >= 0.6 is 0 Å². The Hall–Kier alpha value is -3.64. The molecule has 1 N–H and O–H groups in total. The van der Waals surface area contributed by atoms with Gasteiger partial charge in [-0.25, -0.2) is 0 Å². The van der Waals surface area contributed by atoms with Gasteiger partial charge in [0.2, 0.25) is 0 Å². The first kappa shape index (κ1) is 22.6. The summed E-state index contributed by atoms with van der Waals surface area (Å²) < 4.78 is 7.88. The highest BCUT2D eigenvalue weighted by Gasteiger charge is 2.21. The van der Waals surface area contributed by atoms with Crippen LogP contribution in [0.2, 0.25) is 0 Å². The van der Waals surface area contributed by atoms with Gasteiger partial charge >= 0.3 is 0 Å². The first-order valence-corrected chi connectivity index (χ1v) is 11.1. The fraction of sp³-hybridized carbons (Fsp3) is 0.259. The Morgan fingerprint density at radius 1 is 1.09 bits per heavy atom. The van der Waals surface area contributed by atoms with Crippen LogP contribution in [-0.4, -0.2) is 36.0 Å². The van der Waals surface area contributed by atoms with Crippen LogP contribution in [0.25, 0.3) is 16.7 Å². The SMILES string of the molecule is CCc1ccc2oc(C(=O)NCC(c3cccn3-c3ccc(C)cc3)N(C)C)cc(=O)c2c1. The second-order valence-corrected chi connectivity index (χ2v) is 8.49. The molecule has 0 spiro atoms. The number of hydrogen-bond donors (Lipinski definition) is 1. The molecule has 1 atom stereocenters. The summed E-state index contributed by atoms with van der Waals surface area (Å²) in [5.74, 6) is -0.392. The van der Waals surface area contributed by atoms with Crippen LogP contribution in [0.1, 0.15) is 40.3 Å². The van der Waals surface area contributed by atoms with E-state index >= 15 is 0 Å². The summed E-state index contributed by atoms with van der Waals surface area (Å²) in [6.07, 6.45) is 2.85. The second kappa shape index (κ2) is 9.46. The smallest absolute Gasteiger partial charge is 0.287 e. The van der Waals surface area contributed by atoms with Crippen molar-refractivity contribution in [2.45, 2.75) is 26.3 Å². The predicted octanol–water partition coefficient (Wildman–Crippen LogP) is 4.49. The molecule has 0 aliphatic carbocycles. The molecule has 2 heterocycles. The summed E-state index contributed by atoms with van der Waals surface area (Å²) in [6.45, 7) is 4.45. The zero-order chi connectivity index (χ0) is 23.5. The summed E-state index contributed by atoms with van der Waals surface area (Å²) in [5.41, 5.74) is 4.57. The number of amides is 1. The van der Waals surface area contributed by atoms with Crippen molar-refractivity contribution >= 4 is 16.9 Å². The lowest BCUT2D eigenvalue weighted by atomic mass is 10.1. The Kier molecular flexibility index (Phi) is 6.47. The molecule has 33 heavy (non-hydrogen) atoms. The number of aromatic nitrogens is 1. The lowest BCUT2D eigenvalue weighted by molar-refractivity contribution is 0.0914. The number of carbonyl (C=O) groups excluding carboxylic acids is 1. The molecule has 170 valence electrons. The number of rotatable bonds is 7. The highest BCUT2D eigenvalue weighted by molar-refractivity contribution is 5.93. The topological polar surface area (TPSA) is 67.5 Å². The first-order chi connectivity index (χ1) is 15.9. The monoisotopic (exact) mass is 443 g/mol. The van der Waals surface area contributed by atoms with Crippen LogP contribution in [0.4, 0.5) is 0 Å². The molecule has 6 heteroatoms. The van der Waals surface area contributed by atoms with Gasteiger partial charge in [0.1, 0.15) is 5.58 Å². The van der Waals surface area contributed by atoms with Crippen molar-refractivity contribution in [3.05, 3.63) is 99.7 Å². The second-order valence-electron chi connectivity index (χ2n) is 8.49. The summed E-state index contributed by atoms with van der Waals surface area (Å²) in [5, 5.41) is 3.44. The van der Waals surface area contributed by atoms with Crippen molar-refractivity contribution in [3.8, 4) is 5.69 Å². The average molecular weight is 444 g/mol. The summed E-state index contributed by atoms with van der Waals surface area (Å²) in [7, 11) is 3.95. The maximum Gasteiger partial charge on any atom is 0.287 e.